The number of carbonyl (C=O) groups is 1. The van der Waals surface area contributed by atoms with Crippen LogP contribution in [-0.2, 0) is 11.3 Å². The number of hydrogen-bond donors (Lipinski definition) is 3. The molecule has 1 saturated heterocycles. The van der Waals surface area contributed by atoms with Crippen molar-refractivity contribution in [3.05, 3.63) is 28.8 Å². The second kappa shape index (κ2) is 8.74. The Morgan fingerprint density at radius 3 is 2.88 bits per heavy atom. The average Bonchev–Trinajstić information content (AvgIpc) is 2.61. The van der Waals surface area contributed by atoms with E-state index in [0.29, 0.717) is 31.2 Å². The second-order valence-corrected chi connectivity index (χ2v) is 7.15. The minimum absolute atomic E-state index is 0.0434. The van der Waals surface area contributed by atoms with Crippen molar-refractivity contribution in [1.82, 2.24) is 10.6 Å². The number of aliphatic hydroxyl groups excluding tert-OH is 1. The molecule has 1 aliphatic carbocycles. The number of nitrogens with zero attached hydrogens (tertiary/aromatic N) is 1. The summed E-state index contributed by atoms with van der Waals surface area (Å²) in [5.41, 5.74) is 2.08. The molecule has 0 spiro atoms. The number of benzene rings is 1. The number of anilines is 1. The Balaban J connectivity index is 1.58. The van der Waals surface area contributed by atoms with Crippen LogP contribution in [0.2, 0.25) is 5.02 Å². The van der Waals surface area contributed by atoms with Crippen LogP contribution in [-0.4, -0.2) is 49.6 Å². The average molecular weight is 368 g/mol. The third-order valence-corrected chi connectivity index (χ3v) is 5.05. The van der Waals surface area contributed by atoms with Crippen molar-refractivity contribution >= 4 is 23.3 Å². The van der Waals surface area contributed by atoms with E-state index in [1.54, 1.807) is 0 Å². The number of rotatable bonds is 4. The van der Waals surface area contributed by atoms with Crippen molar-refractivity contribution in [2.75, 3.05) is 31.2 Å². The van der Waals surface area contributed by atoms with E-state index >= 15 is 0 Å². The fourth-order valence-corrected chi connectivity index (χ4v) is 3.71. The van der Waals surface area contributed by atoms with Crippen molar-refractivity contribution in [3.8, 4) is 0 Å². The number of amides is 2. The van der Waals surface area contributed by atoms with Gasteiger partial charge in [-0.2, -0.15) is 0 Å². The van der Waals surface area contributed by atoms with Crippen molar-refractivity contribution < 1.29 is 14.6 Å². The molecule has 25 heavy (non-hydrogen) atoms. The first kappa shape index (κ1) is 18.3. The summed E-state index contributed by atoms with van der Waals surface area (Å²) in [5.74, 6) is 0. The third kappa shape index (κ3) is 5.23. The van der Waals surface area contributed by atoms with Gasteiger partial charge in [-0.25, -0.2) is 4.79 Å². The Bertz CT molecular complexity index is 593. The lowest BCUT2D eigenvalue weighted by atomic mass is 9.93. The van der Waals surface area contributed by atoms with Crippen LogP contribution >= 0.6 is 11.6 Å². The summed E-state index contributed by atoms with van der Waals surface area (Å²) in [5, 5.41) is 16.2. The number of nitrogens with one attached hydrogen (secondary N) is 2. The Kier molecular flexibility index (Phi) is 6.39. The Labute approximate surface area is 153 Å². The molecule has 2 fully saturated rings. The molecule has 1 aliphatic heterocycles. The second-order valence-electron chi connectivity index (χ2n) is 6.72. The maximum absolute atomic E-state index is 12.2. The van der Waals surface area contributed by atoms with Crippen LogP contribution in [0.25, 0.3) is 0 Å². The topological polar surface area (TPSA) is 73.8 Å². The summed E-state index contributed by atoms with van der Waals surface area (Å²) < 4.78 is 5.41. The monoisotopic (exact) mass is 367 g/mol. The van der Waals surface area contributed by atoms with E-state index in [1.807, 2.05) is 18.2 Å². The lowest BCUT2D eigenvalue weighted by Gasteiger charge is -2.31. The molecule has 1 heterocycles. The van der Waals surface area contributed by atoms with Crippen LogP contribution in [0.5, 0.6) is 0 Å². The van der Waals surface area contributed by atoms with E-state index in [4.69, 9.17) is 16.3 Å². The molecule has 2 atom stereocenters. The van der Waals surface area contributed by atoms with Gasteiger partial charge in [-0.05, 0) is 49.4 Å². The van der Waals surface area contributed by atoms with Crippen molar-refractivity contribution in [1.29, 1.82) is 0 Å². The zero-order chi connectivity index (χ0) is 17.6. The van der Waals surface area contributed by atoms with E-state index in [9.17, 15) is 9.90 Å². The molecule has 0 aromatic heterocycles. The number of hydrogen-bond acceptors (Lipinski definition) is 4. The molecule has 6 nitrogen and oxygen atoms in total. The van der Waals surface area contributed by atoms with Gasteiger partial charge in [-0.15, -0.1) is 0 Å². The van der Waals surface area contributed by atoms with Crippen LogP contribution in [0.3, 0.4) is 0 Å². The molecule has 1 aromatic carbocycles. The summed E-state index contributed by atoms with van der Waals surface area (Å²) in [6, 6.07) is 5.62. The van der Waals surface area contributed by atoms with Crippen molar-refractivity contribution in [2.45, 2.75) is 44.4 Å². The number of morpholine rings is 1. The van der Waals surface area contributed by atoms with E-state index in [0.717, 1.165) is 43.6 Å². The number of carbonyl (C=O) groups excluding carboxylic acids is 1. The molecule has 1 saturated carbocycles. The highest BCUT2D eigenvalue weighted by Gasteiger charge is 2.22. The van der Waals surface area contributed by atoms with Crippen molar-refractivity contribution in [2.24, 2.45) is 0 Å². The molecule has 138 valence electrons. The van der Waals surface area contributed by atoms with Gasteiger partial charge in [0.15, 0.2) is 0 Å². The maximum atomic E-state index is 12.2. The lowest BCUT2D eigenvalue weighted by Crippen LogP contribution is -2.45. The van der Waals surface area contributed by atoms with Crippen molar-refractivity contribution in [3.63, 3.8) is 0 Å². The summed E-state index contributed by atoms with van der Waals surface area (Å²) in [6.45, 7) is 3.50. The lowest BCUT2D eigenvalue weighted by molar-refractivity contribution is 0.113. The van der Waals surface area contributed by atoms with Gasteiger partial charge in [0.05, 0.1) is 19.3 Å². The molecule has 2 unspecified atom stereocenters. The number of halogens is 1. The molecule has 7 heteroatoms. The fraction of sp³-hybridized carbons (Fsp3) is 0.611. The number of urea groups is 1. The molecule has 3 rings (SSSR count). The van der Waals surface area contributed by atoms with Crippen LogP contribution in [0.1, 0.15) is 31.2 Å². The Morgan fingerprint density at radius 1 is 1.32 bits per heavy atom. The first-order valence-corrected chi connectivity index (χ1v) is 9.33. The molecule has 1 aromatic rings. The van der Waals surface area contributed by atoms with E-state index in [1.165, 1.54) is 0 Å². The first-order valence-electron chi connectivity index (χ1n) is 8.95. The first-order chi connectivity index (χ1) is 12.1. The van der Waals surface area contributed by atoms with Gasteiger partial charge in [0, 0.05) is 36.4 Å². The minimum atomic E-state index is -0.306. The van der Waals surface area contributed by atoms with Gasteiger partial charge in [-0.3, -0.25) is 0 Å². The maximum Gasteiger partial charge on any atom is 0.315 e. The Hall–Kier alpha value is -1.50. The summed E-state index contributed by atoms with van der Waals surface area (Å²) in [4.78, 5) is 14.4. The molecule has 3 N–H and O–H groups in total. The number of ether oxygens (including phenoxy) is 1. The predicted octanol–water partition coefficient (Wildman–Crippen LogP) is 2.28. The van der Waals surface area contributed by atoms with Crippen LogP contribution in [0, 0.1) is 0 Å². The van der Waals surface area contributed by atoms with Gasteiger partial charge in [0.25, 0.3) is 0 Å². The normalized spacial score (nSPS) is 24.0. The highest BCUT2D eigenvalue weighted by Crippen LogP contribution is 2.25. The zero-order valence-corrected chi connectivity index (χ0v) is 15.1. The highest BCUT2D eigenvalue weighted by molar-refractivity contribution is 6.30. The van der Waals surface area contributed by atoms with Crippen LogP contribution < -0.4 is 15.5 Å². The standard InChI is InChI=1S/C18H26ClN3O3/c19-14-4-5-17(22-6-8-25-9-7-22)13(10-14)12-20-18(24)21-15-2-1-3-16(23)11-15/h4-5,10,15-16,23H,1-3,6-9,11-12H2,(H2,20,21,24). The molecular weight excluding hydrogens is 342 g/mol. The minimum Gasteiger partial charge on any atom is -0.393 e. The number of aliphatic hydroxyl groups is 1. The molecular formula is C18H26ClN3O3. The molecule has 2 amide bonds. The highest BCUT2D eigenvalue weighted by atomic mass is 35.5. The molecule has 2 aliphatic rings. The predicted molar refractivity (Wildman–Crippen MR) is 98.1 cm³/mol. The smallest absolute Gasteiger partial charge is 0.315 e. The van der Waals surface area contributed by atoms with Gasteiger partial charge < -0.3 is 25.4 Å². The van der Waals surface area contributed by atoms with Gasteiger partial charge in [0.1, 0.15) is 0 Å². The Morgan fingerprint density at radius 2 is 2.12 bits per heavy atom. The van der Waals surface area contributed by atoms with Crippen LogP contribution in [0.4, 0.5) is 10.5 Å². The van der Waals surface area contributed by atoms with Crippen LogP contribution in [0.15, 0.2) is 18.2 Å². The summed E-state index contributed by atoms with van der Waals surface area (Å²) in [6.07, 6.45) is 3.01. The van der Waals surface area contributed by atoms with E-state index in [-0.39, 0.29) is 18.2 Å². The fourth-order valence-electron chi connectivity index (χ4n) is 3.52. The molecule has 0 bridgehead atoms. The van der Waals surface area contributed by atoms with Gasteiger partial charge >= 0.3 is 6.03 Å². The van der Waals surface area contributed by atoms with E-state index in [2.05, 4.69) is 15.5 Å². The SMILES string of the molecule is O=C(NCc1cc(Cl)ccc1N1CCOCC1)NC1CCCC(O)C1. The summed E-state index contributed by atoms with van der Waals surface area (Å²) >= 11 is 6.14. The summed E-state index contributed by atoms with van der Waals surface area (Å²) in [7, 11) is 0. The zero-order valence-electron chi connectivity index (χ0n) is 14.3. The van der Waals surface area contributed by atoms with E-state index < -0.39 is 0 Å². The van der Waals surface area contributed by atoms with Gasteiger partial charge in [-0.1, -0.05) is 11.6 Å². The third-order valence-electron chi connectivity index (χ3n) is 4.81. The quantitative estimate of drug-likeness (QED) is 0.763. The van der Waals surface area contributed by atoms with Gasteiger partial charge in [0.2, 0.25) is 0 Å². The largest absolute Gasteiger partial charge is 0.393 e. The molecule has 0 radical (unpaired) electrons.